The number of nitrogens with two attached hydrogens (primary N) is 2. The predicted octanol–water partition coefficient (Wildman–Crippen LogP) is 15.2. The Balaban J connectivity index is 0.000000457. The second-order valence-electron chi connectivity index (χ2n) is 25.8. The molecule has 5 aromatic carbocycles. The van der Waals surface area contributed by atoms with Gasteiger partial charge in [0, 0.05) is 53.1 Å². The van der Waals surface area contributed by atoms with Crippen LogP contribution in [0, 0.1) is 29.1 Å². The quantitative estimate of drug-likeness (QED) is 0.00457. The number of alkyl carbamates (subject to hydrolysis) is 3. The summed E-state index contributed by atoms with van der Waals surface area (Å²) in [5.41, 5.74) is 12.8. The Morgan fingerprint density at radius 2 is 0.982 bits per heavy atom. The fraction of sp³-hybridized carbons (Fsp3) is 0.351. The molecule has 598 valence electrons. The number of carboxylic acid groups (broad SMARTS) is 2. The Kier molecular flexibility index (Phi) is 41.1. The van der Waals surface area contributed by atoms with Gasteiger partial charge >= 0.3 is 48.1 Å². The molecule has 0 bridgehead atoms. The number of ether oxygens (including phenoxy) is 7. The number of carboxylic acids is 2. The number of thiazole rings is 2. The zero-order valence-electron chi connectivity index (χ0n) is 61.9. The zero-order chi connectivity index (χ0) is 83.6. The van der Waals surface area contributed by atoms with Gasteiger partial charge in [0.2, 0.25) is 34.8 Å². The summed E-state index contributed by atoms with van der Waals surface area (Å²) in [6.07, 6.45) is -1.93. The molecule has 36 heteroatoms. The minimum Gasteiger partial charge on any atom is -0.489 e. The van der Waals surface area contributed by atoms with Gasteiger partial charge in [-0.1, -0.05) is 153 Å². The first-order valence-corrected chi connectivity index (χ1v) is 37.0. The lowest BCUT2D eigenvalue weighted by Crippen LogP contribution is -2.45. The van der Waals surface area contributed by atoms with Gasteiger partial charge in [-0.25, -0.2) is 56.7 Å². The molecule has 110 heavy (non-hydrogen) atoms. The normalized spacial score (nSPS) is 11.8. The zero-order valence-corrected chi connectivity index (χ0v) is 68.3. The second-order valence-corrected chi connectivity index (χ2v) is 30.0. The van der Waals surface area contributed by atoms with E-state index in [4.69, 9.17) is 59.3 Å². The summed E-state index contributed by atoms with van der Waals surface area (Å²) in [5, 5.41) is 30.6. The molecule has 0 radical (unpaired) electrons. The first-order chi connectivity index (χ1) is 51.2. The number of Topliss-reactive ketones (excluding diaryl/α,β-unsaturated/α-hetero) is 1. The van der Waals surface area contributed by atoms with Crippen LogP contribution in [0.2, 0.25) is 5.02 Å². The molecular weight excluding hydrogens is 1660 g/mol. The van der Waals surface area contributed by atoms with Crippen molar-refractivity contribution in [3.63, 3.8) is 0 Å². The van der Waals surface area contributed by atoms with Gasteiger partial charge in [-0.3, -0.25) is 9.59 Å². The third-order valence-electron chi connectivity index (χ3n) is 12.6. The highest BCUT2D eigenvalue weighted by molar-refractivity contribution is 9.11. The van der Waals surface area contributed by atoms with E-state index in [0.29, 0.717) is 15.2 Å². The standard InChI is InChI=1S/C17H20N2O4S.C16H10ClF5O3.C12H12N2O2S.C11H18BrNO5.C11H18BrNO4.C7H7NS/c1-17(2,3)23-16(22)19-13(15(20)21)9-12-10-24-14(18-12)11-7-5-4-6-8-11;1-6(2)24-9-4-3-7(5-8(9)17)16(23)25-15-13(21)11(19)10(18)12(20)14(15)22;13-10(12(15)16)6-9-7-17-11(14-9)8-4-2-1-3-5-8;1-11(2,3)18-10(16)13-8(9(15)17-4)5-7(14)6-12;1-7(12)6-8(9(14)16-5)13-10(15)17-11(2,3)4;8-7(9)6-4-2-1-3-5-6/h4-8,10,13H,9H2,1-3H3,(H,19,22)(H,20,21);3-6H,1-2H3;1-5,7,10H,6,13H2,(H,15,16);8H,5-6H2,1-4H3,(H,13,16);8H,1,6H2,2-5H3,(H,13,15);1-5H,(H2,8,9)/t13-;;10-;2*8-;/m0.000./s1. The Morgan fingerprint density at radius 1 is 0.591 bits per heavy atom. The summed E-state index contributed by atoms with van der Waals surface area (Å²) in [4.78, 5) is 112. The summed E-state index contributed by atoms with van der Waals surface area (Å²) in [6, 6.07) is 28.7. The average Bonchev–Trinajstić information content (AvgIpc) is 1.09. The monoisotopic (exact) mass is 1740 g/mol. The minimum absolute atomic E-state index is 0.000520. The van der Waals surface area contributed by atoms with E-state index < -0.39 is 124 Å². The molecule has 0 spiro atoms. The van der Waals surface area contributed by atoms with E-state index in [1.165, 1.54) is 43.0 Å². The van der Waals surface area contributed by atoms with Crippen LogP contribution < -0.4 is 36.9 Å². The molecule has 0 fully saturated rings. The van der Waals surface area contributed by atoms with E-state index in [0.717, 1.165) is 44.5 Å². The summed E-state index contributed by atoms with van der Waals surface area (Å²) >= 11 is 19.7. The number of carbonyl (C=O) groups is 9. The van der Waals surface area contributed by atoms with E-state index in [2.05, 4.69) is 78.6 Å². The van der Waals surface area contributed by atoms with Gasteiger partial charge in [0.05, 0.1) is 47.6 Å². The maximum absolute atomic E-state index is 13.5. The summed E-state index contributed by atoms with van der Waals surface area (Å²) in [6.45, 7) is 22.5. The summed E-state index contributed by atoms with van der Waals surface area (Å²) in [5.74, 6) is -17.7. The number of ketones is 1. The third kappa shape index (κ3) is 37.3. The third-order valence-corrected chi connectivity index (χ3v) is 16.0. The molecule has 7 rings (SSSR count). The summed E-state index contributed by atoms with van der Waals surface area (Å²) < 4.78 is 101. The van der Waals surface area contributed by atoms with E-state index in [-0.39, 0.29) is 59.2 Å². The van der Waals surface area contributed by atoms with Crippen molar-refractivity contribution in [2.45, 2.75) is 149 Å². The van der Waals surface area contributed by atoms with Crippen molar-refractivity contribution in [3.8, 4) is 32.6 Å². The number of amides is 3. The maximum atomic E-state index is 13.5. The number of nitrogens with one attached hydrogen (secondary N) is 3. The van der Waals surface area contributed by atoms with Crippen molar-refractivity contribution < 1.29 is 108 Å². The van der Waals surface area contributed by atoms with Crippen molar-refractivity contribution in [1.82, 2.24) is 25.9 Å². The van der Waals surface area contributed by atoms with E-state index >= 15 is 0 Å². The number of rotatable bonds is 23. The van der Waals surface area contributed by atoms with Crippen LogP contribution in [0.25, 0.3) is 21.1 Å². The number of hydrogen-bond acceptors (Lipinski definition) is 22. The number of alkyl halides is 1. The fourth-order valence-electron chi connectivity index (χ4n) is 7.88. The van der Waals surface area contributed by atoms with Crippen LogP contribution in [-0.4, -0.2) is 146 Å². The highest BCUT2D eigenvalue weighted by Gasteiger charge is 2.32. The molecule has 7 aromatic rings. The topological polar surface area (TPSA) is 373 Å². The fourth-order valence-corrected chi connectivity index (χ4v) is 10.5. The molecule has 0 aliphatic rings. The van der Waals surface area contributed by atoms with E-state index in [1.807, 2.05) is 96.4 Å². The molecule has 2 heterocycles. The van der Waals surface area contributed by atoms with Gasteiger partial charge in [-0.2, -0.15) is 8.78 Å². The number of aromatic nitrogens is 2. The molecule has 3 amide bonds. The van der Waals surface area contributed by atoms with Gasteiger partial charge in [-0.05, 0) is 98.8 Å². The Morgan fingerprint density at radius 3 is 1.33 bits per heavy atom. The minimum atomic E-state index is -2.35. The molecule has 25 nitrogen and oxygen atoms in total. The van der Waals surface area contributed by atoms with Crippen molar-refractivity contribution in [2.24, 2.45) is 11.5 Å². The molecule has 2 aromatic heterocycles. The number of carbonyl (C=O) groups excluding carboxylic acids is 7. The van der Waals surface area contributed by atoms with Gasteiger partial charge in [0.1, 0.15) is 67.5 Å². The highest BCUT2D eigenvalue weighted by atomic mass is 79.9. The number of halogens is 8. The van der Waals surface area contributed by atoms with Crippen LogP contribution in [-0.2, 0) is 60.5 Å². The number of aliphatic carboxylic acids is 2. The summed E-state index contributed by atoms with van der Waals surface area (Å²) in [7, 11) is 2.44. The first kappa shape index (κ1) is 96.6. The average molecular weight is 1750 g/mol. The molecule has 0 aliphatic heterocycles. The molecule has 0 aliphatic carbocycles. The molecule has 0 saturated heterocycles. The van der Waals surface area contributed by atoms with E-state index in [9.17, 15) is 70.2 Å². The number of esters is 3. The molecule has 0 saturated carbocycles. The van der Waals surface area contributed by atoms with Gasteiger partial charge < -0.3 is 70.8 Å². The number of methoxy groups -OCH3 is 2. The molecule has 0 unspecified atom stereocenters. The first-order valence-electron chi connectivity index (χ1n) is 32.5. The second kappa shape index (κ2) is 46.9. The van der Waals surface area contributed by atoms with Crippen LogP contribution in [0.5, 0.6) is 11.5 Å². The number of hydrogen-bond donors (Lipinski definition) is 7. The number of nitrogens with zero attached hydrogens (tertiary/aromatic N) is 2. The van der Waals surface area contributed by atoms with Gasteiger partial charge in [0.15, 0.2) is 0 Å². The Bertz CT molecular complexity index is 4220. The lowest BCUT2D eigenvalue weighted by Gasteiger charge is -2.22. The van der Waals surface area contributed by atoms with Gasteiger partial charge in [-0.15, -0.1) is 22.7 Å². The SMILES string of the molecule is C=C(Br)C[C@H](NC(=O)OC(C)(C)C)C(=O)OC.CC(C)(C)OC(=O)N[C@@H](Cc1csc(-c2ccccc2)n1)C(=O)O.CC(C)Oc1ccc(C(=O)Oc2c(F)c(F)c(F)c(F)c2F)cc1Cl.COC(=O)[C@H](CC(=O)CBr)NC(=O)OC(C)(C)C.NC(=S)c1ccccc1.N[C@@H](Cc1csc(-c2ccccc2)n1)C(=O)O. The molecule has 9 N–H and O–H groups in total. The van der Waals surface area contributed by atoms with Crippen LogP contribution in [0.1, 0.15) is 116 Å². The van der Waals surface area contributed by atoms with Crippen LogP contribution >= 0.6 is 78.4 Å². The maximum Gasteiger partial charge on any atom is 0.408 e. The number of thiocarbonyl (C=S) groups is 1. The lowest BCUT2D eigenvalue weighted by molar-refractivity contribution is -0.144. The largest absolute Gasteiger partial charge is 0.489 e. The molecular formula is C74H85Br2ClF5N7O18S3. The van der Waals surface area contributed by atoms with E-state index in [1.54, 1.807) is 81.5 Å². The highest BCUT2D eigenvalue weighted by Crippen LogP contribution is 2.32. The smallest absolute Gasteiger partial charge is 0.408 e. The van der Waals surface area contributed by atoms with Crippen molar-refractivity contribution >= 4 is 137 Å². The Labute approximate surface area is 667 Å². The molecule has 4 atom stereocenters. The van der Waals surface area contributed by atoms with Crippen LogP contribution in [0.4, 0.5) is 36.3 Å². The van der Waals surface area contributed by atoms with Crippen molar-refractivity contribution in [1.29, 1.82) is 0 Å². The Hall–Kier alpha value is -9.52. The van der Waals surface area contributed by atoms with Crippen molar-refractivity contribution in [3.05, 3.63) is 188 Å². The van der Waals surface area contributed by atoms with Crippen molar-refractivity contribution in [2.75, 3.05) is 19.5 Å². The lowest BCUT2D eigenvalue weighted by atomic mass is 10.1. The van der Waals surface area contributed by atoms with Crippen LogP contribution in [0.15, 0.2) is 131 Å². The van der Waals surface area contributed by atoms with Crippen LogP contribution in [0.3, 0.4) is 0 Å². The van der Waals surface area contributed by atoms with Gasteiger partial charge in [0.25, 0.3) is 0 Å². The number of benzene rings is 5. The predicted molar refractivity (Wildman–Crippen MR) is 416 cm³/mol.